The zero-order chi connectivity index (χ0) is 20.5. The van der Waals surface area contributed by atoms with Crippen LogP contribution in [0.1, 0.15) is 31.8 Å². The van der Waals surface area contributed by atoms with E-state index in [1.54, 1.807) is 35.6 Å². The molecule has 0 bridgehead atoms. The molecule has 29 heavy (non-hydrogen) atoms. The Morgan fingerprint density at radius 1 is 0.931 bits per heavy atom. The maximum Gasteiger partial charge on any atom is 0.337 e. The second-order valence-electron chi connectivity index (χ2n) is 7.22. The second kappa shape index (κ2) is 7.83. The number of hydrogen-bond donors (Lipinski definition) is 0. The fourth-order valence-electron chi connectivity index (χ4n) is 3.53. The molecule has 7 heteroatoms. The van der Waals surface area contributed by atoms with Gasteiger partial charge in [0.1, 0.15) is 0 Å². The number of amides is 1. The smallest absolute Gasteiger partial charge is 0.337 e. The maximum atomic E-state index is 12.8. The average Bonchev–Trinajstić information content (AvgIpc) is 3.22. The number of aryl methyl sites for hydroxylation is 2. The minimum atomic E-state index is -0.404. The summed E-state index contributed by atoms with van der Waals surface area (Å²) in [5, 5.41) is 1.02. The molecule has 1 aromatic heterocycles. The van der Waals surface area contributed by atoms with Gasteiger partial charge in [-0.25, -0.2) is 9.78 Å². The van der Waals surface area contributed by atoms with Crippen LogP contribution < -0.4 is 4.90 Å². The van der Waals surface area contributed by atoms with Gasteiger partial charge < -0.3 is 14.5 Å². The summed E-state index contributed by atoms with van der Waals surface area (Å²) in [6.45, 7) is 7.00. The second-order valence-corrected chi connectivity index (χ2v) is 8.20. The predicted octanol–water partition coefficient (Wildman–Crippen LogP) is 3.66. The predicted molar refractivity (Wildman–Crippen MR) is 115 cm³/mol. The van der Waals surface area contributed by atoms with Gasteiger partial charge in [0.25, 0.3) is 5.91 Å². The molecule has 0 radical (unpaired) electrons. The van der Waals surface area contributed by atoms with E-state index in [0.29, 0.717) is 24.2 Å². The highest BCUT2D eigenvalue weighted by atomic mass is 32.1. The molecule has 4 rings (SSSR count). The Hall–Kier alpha value is -2.93. The van der Waals surface area contributed by atoms with Crippen molar-refractivity contribution in [2.45, 2.75) is 13.8 Å². The third-order valence-corrected chi connectivity index (χ3v) is 6.57. The van der Waals surface area contributed by atoms with E-state index in [1.165, 1.54) is 22.9 Å². The van der Waals surface area contributed by atoms with E-state index < -0.39 is 5.97 Å². The summed E-state index contributed by atoms with van der Waals surface area (Å²) in [5.41, 5.74) is 4.54. The lowest BCUT2D eigenvalue weighted by molar-refractivity contribution is 0.0599. The molecule has 6 nitrogen and oxygen atoms in total. The molecule has 0 aliphatic carbocycles. The topological polar surface area (TPSA) is 62.7 Å². The van der Waals surface area contributed by atoms with Crippen LogP contribution in [-0.2, 0) is 4.74 Å². The first-order valence-corrected chi connectivity index (χ1v) is 10.4. The van der Waals surface area contributed by atoms with Crippen molar-refractivity contribution in [2.24, 2.45) is 0 Å². The molecule has 150 valence electrons. The number of benzene rings is 2. The van der Waals surface area contributed by atoms with Crippen LogP contribution >= 0.6 is 11.3 Å². The lowest BCUT2D eigenvalue weighted by atomic mass is 10.1. The van der Waals surface area contributed by atoms with Crippen LogP contribution in [-0.4, -0.2) is 55.0 Å². The largest absolute Gasteiger partial charge is 0.465 e. The number of fused-ring (bicyclic) bond motifs is 1. The van der Waals surface area contributed by atoms with Crippen LogP contribution in [0.4, 0.5) is 5.13 Å². The van der Waals surface area contributed by atoms with Crippen molar-refractivity contribution in [3.8, 4) is 0 Å². The van der Waals surface area contributed by atoms with E-state index in [4.69, 9.17) is 9.72 Å². The highest BCUT2D eigenvalue weighted by Crippen LogP contribution is 2.33. The number of carbonyl (C=O) groups is 2. The minimum absolute atomic E-state index is 0.0166. The number of ether oxygens (including phenoxy) is 1. The molecular formula is C22H23N3O3S. The van der Waals surface area contributed by atoms with Crippen LogP contribution in [0, 0.1) is 13.8 Å². The summed E-state index contributed by atoms with van der Waals surface area (Å²) in [7, 11) is 1.34. The zero-order valence-corrected chi connectivity index (χ0v) is 17.6. The summed E-state index contributed by atoms with van der Waals surface area (Å²) in [5.74, 6) is -0.420. The van der Waals surface area contributed by atoms with Crippen molar-refractivity contribution in [3.63, 3.8) is 0 Å². The standard InChI is InChI=1S/C22H23N3O3S/c1-14-4-5-15(2)19-18(14)23-22(29-19)25-12-10-24(11-13-25)20(26)16-6-8-17(9-7-16)21(27)28-3/h4-9H,10-13H2,1-3H3. The maximum absolute atomic E-state index is 12.8. The van der Waals surface area contributed by atoms with Crippen molar-refractivity contribution in [1.29, 1.82) is 0 Å². The van der Waals surface area contributed by atoms with Crippen LogP contribution in [0.2, 0.25) is 0 Å². The van der Waals surface area contributed by atoms with E-state index >= 15 is 0 Å². The van der Waals surface area contributed by atoms with Crippen LogP contribution in [0.15, 0.2) is 36.4 Å². The normalized spacial score (nSPS) is 14.3. The molecule has 0 saturated carbocycles. The minimum Gasteiger partial charge on any atom is -0.465 e. The lowest BCUT2D eigenvalue weighted by Crippen LogP contribution is -2.48. The number of hydrogen-bond acceptors (Lipinski definition) is 6. The van der Waals surface area contributed by atoms with Gasteiger partial charge in [-0.2, -0.15) is 0 Å². The molecule has 1 aliphatic heterocycles. The van der Waals surface area contributed by atoms with E-state index in [1.807, 2.05) is 4.90 Å². The molecule has 1 aliphatic rings. The molecule has 1 fully saturated rings. The first kappa shape index (κ1) is 19.4. The lowest BCUT2D eigenvalue weighted by Gasteiger charge is -2.34. The Bertz CT molecular complexity index is 1030. The molecule has 0 spiro atoms. The third kappa shape index (κ3) is 3.70. The van der Waals surface area contributed by atoms with Gasteiger partial charge in [-0.1, -0.05) is 23.5 Å². The molecule has 2 aromatic carbocycles. The molecular weight excluding hydrogens is 386 g/mol. The average molecular weight is 410 g/mol. The number of rotatable bonds is 3. The van der Waals surface area contributed by atoms with Crippen LogP contribution in [0.5, 0.6) is 0 Å². The summed E-state index contributed by atoms with van der Waals surface area (Å²) < 4.78 is 5.94. The number of anilines is 1. The van der Waals surface area contributed by atoms with Crippen molar-refractivity contribution >= 4 is 38.6 Å². The number of methoxy groups -OCH3 is 1. The first-order valence-electron chi connectivity index (χ1n) is 9.57. The monoisotopic (exact) mass is 409 g/mol. The van der Waals surface area contributed by atoms with Gasteiger partial charge in [-0.05, 0) is 49.2 Å². The molecule has 1 amide bonds. The van der Waals surface area contributed by atoms with E-state index in [2.05, 4.69) is 30.9 Å². The summed E-state index contributed by atoms with van der Waals surface area (Å²) in [4.78, 5) is 33.3. The van der Waals surface area contributed by atoms with Gasteiger partial charge in [0, 0.05) is 31.7 Å². The fraction of sp³-hybridized carbons (Fsp3) is 0.318. The van der Waals surface area contributed by atoms with E-state index in [9.17, 15) is 9.59 Å². The molecule has 0 unspecified atom stereocenters. The summed E-state index contributed by atoms with van der Waals surface area (Å²) in [6, 6.07) is 10.9. The number of nitrogens with zero attached hydrogens (tertiary/aromatic N) is 3. The number of aromatic nitrogens is 1. The first-order chi connectivity index (χ1) is 14.0. The van der Waals surface area contributed by atoms with Crippen molar-refractivity contribution in [2.75, 3.05) is 38.2 Å². The summed E-state index contributed by atoms with van der Waals surface area (Å²) in [6.07, 6.45) is 0. The SMILES string of the molecule is COC(=O)c1ccc(C(=O)N2CCN(c3nc4c(C)ccc(C)c4s3)CC2)cc1. The van der Waals surface area contributed by atoms with Gasteiger partial charge in [-0.3, -0.25) is 4.79 Å². The quantitative estimate of drug-likeness (QED) is 0.618. The van der Waals surface area contributed by atoms with Crippen molar-refractivity contribution < 1.29 is 14.3 Å². The van der Waals surface area contributed by atoms with Crippen LogP contribution in [0.3, 0.4) is 0 Å². The van der Waals surface area contributed by atoms with Crippen molar-refractivity contribution in [3.05, 3.63) is 58.7 Å². The third-order valence-electron chi connectivity index (χ3n) is 5.32. The van der Waals surface area contributed by atoms with Gasteiger partial charge in [0.15, 0.2) is 5.13 Å². The number of thiazole rings is 1. The Kier molecular flexibility index (Phi) is 5.24. The highest BCUT2D eigenvalue weighted by Gasteiger charge is 2.24. The molecule has 0 atom stereocenters. The van der Waals surface area contributed by atoms with Crippen molar-refractivity contribution in [1.82, 2.24) is 9.88 Å². The Balaban J connectivity index is 1.44. The summed E-state index contributed by atoms with van der Waals surface area (Å²) >= 11 is 1.72. The Morgan fingerprint density at radius 3 is 2.17 bits per heavy atom. The fourth-order valence-corrected chi connectivity index (χ4v) is 4.70. The Labute approximate surface area is 173 Å². The highest BCUT2D eigenvalue weighted by molar-refractivity contribution is 7.22. The van der Waals surface area contributed by atoms with E-state index in [0.717, 1.165) is 23.7 Å². The molecule has 3 aromatic rings. The van der Waals surface area contributed by atoms with Gasteiger partial charge in [0.2, 0.25) is 0 Å². The number of esters is 1. The van der Waals surface area contributed by atoms with Gasteiger partial charge in [-0.15, -0.1) is 0 Å². The van der Waals surface area contributed by atoms with Gasteiger partial charge >= 0.3 is 5.97 Å². The number of carbonyl (C=O) groups excluding carboxylic acids is 2. The van der Waals surface area contributed by atoms with Gasteiger partial charge in [0.05, 0.1) is 22.9 Å². The van der Waals surface area contributed by atoms with Crippen LogP contribution in [0.25, 0.3) is 10.2 Å². The van der Waals surface area contributed by atoms with E-state index in [-0.39, 0.29) is 5.91 Å². The zero-order valence-electron chi connectivity index (χ0n) is 16.8. The molecule has 0 N–H and O–H groups in total. The molecule has 1 saturated heterocycles. The Morgan fingerprint density at radius 2 is 1.55 bits per heavy atom. The number of piperazine rings is 1. The molecule has 2 heterocycles.